The van der Waals surface area contributed by atoms with E-state index in [2.05, 4.69) is 38.2 Å². The summed E-state index contributed by atoms with van der Waals surface area (Å²) in [5.41, 5.74) is 0. The number of hydrogen-bond donors (Lipinski definition) is 1. The lowest BCUT2D eigenvalue weighted by molar-refractivity contribution is 0.251. The van der Waals surface area contributed by atoms with E-state index in [1.807, 2.05) is 0 Å². The highest BCUT2D eigenvalue weighted by atomic mass is 15.1. The Balaban J connectivity index is 2.13. The van der Waals surface area contributed by atoms with Gasteiger partial charge in [0.1, 0.15) is 0 Å². The number of rotatable bonds is 5. The molecule has 0 aliphatic heterocycles. The second kappa shape index (κ2) is 6.49. The molecule has 2 heteroatoms. The summed E-state index contributed by atoms with van der Waals surface area (Å²) < 4.78 is 0. The maximum atomic E-state index is 3.71. The van der Waals surface area contributed by atoms with Crippen LogP contribution < -0.4 is 5.32 Å². The molecule has 0 aromatic heterocycles. The van der Waals surface area contributed by atoms with Crippen LogP contribution in [-0.4, -0.2) is 37.6 Å². The van der Waals surface area contributed by atoms with E-state index in [1.165, 1.54) is 32.1 Å². The molecule has 0 heterocycles. The minimum absolute atomic E-state index is 0.647. The summed E-state index contributed by atoms with van der Waals surface area (Å²) in [7, 11) is 4.31. The average Bonchev–Trinajstić information content (AvgIpc) is 2.26. The van der Waals surface area contributed by atoms with Crippen LogP contribution in [0.15, 0.2) is 0 Å². The zero-order valence-corrected chi connectivity index (χ0v) is 10.9. The summed E-state index contributed by atoms with van der Waals surface area (Å²) in [6, 6.07) is 1.43. The molecule has 90 valence electrons. The predicted molar refractivity (Wildman–Crippen MR) is 67.2 cm³/mol. The molecular weight excluding hydrogens is 184 g/mol. The van der Waals surface area contributed by atoms with Crippen molar-refractivity contribution in [3.8, 4) is 0 Å². The molecule has 0 aromatic carbocycles. The number of likely N-dealkylation sites (N-methyl/N-ethyl adjacent to an activating group) is 1. The highest BCUT2D eigenvalue weighted by Gasteiger charge is 2.19. The third-order valence-corrected chi connectivity index (χ3v) is 4.01. The van der Waals surface area contributed by atoms with Gasteiger partial charge < -0.3 is 10.2 Å². The largest absolute Gasteiger partial charge is 0.312 e. The van der Waals surface area contributed by atoms with Crippen LogP contribution in [0.1, 0.15) is 46.0 Å². The van der Waals surface area contributed by atoms with Crippen molar-refractivity contribution in [1.29, 1.82) is 0 Å². The van der Waals surface area contributed by atoms with Crippen LogP contribution in [0.2, 0.25) is 0 Å². The fourth-order valence-corrected chi connectivity index (χ4v) is 2.29. The van der Waals surface area contributed by atoms with E-state index in [0.29, 0.717) is 6.04 Å². The third-order valence-electron chi connectivity index (χ3n) is 4.01. The molecule has 1 rings (SSSR count). The molecule has 1 N–H and O–H groups in total. The fraction of sp³-hybridized carbons (Fsp3) is 1.00. The van der Waals surface area contributed by atoms with Gasteiger partial charge in [0, 0.05) is 18.6 Å². The first-order valence-corrected chi connectivity index (χ1v) is 6.53. The molecule has 1 aliphatic rings. The SMILES string of the molecule is CCC1CCC(NCC(C)N(C)C)CC1. The smallest absolute Gasteiger partial charge is 0.0186 e. The van der Waals surface area contributed by atoms with Gasteiger partial charge in [-0.05, 0) is 52.6 Å². The van der Waals surface area contributed by atoms with Gasteiger partial charge in [0.15, 0.2) is 0 Å². The van der Waals surface area contributed by atoms with E-state index in [-0.39, 0.29) is 0 Å². The Kier molecular flexibility index (Phi) is 5.62. The van der Waals surface area contributed by atoms with Crippen molar-refractivity contribution in [1.82, 2.24) is 10.2 Å². The normalized spacial score (nSPS) is 29.4. The van der Waals surface area contributed by atoms with E-state index in [0.717, 1.165) is 18.5 Å². The number of nitrogens with one attached hydrogen (secondary N) is 1. The van der Waals surface area contributed by atoms with Gasteiger partial charge in [-0.3, -0.25) is 0 Å². The van der Waals surface area contributed by atoms with Crippen LogP contribution in [0.4, 0.5) is 0 Å². The molecule has 0 radical (unpaired) electrons. The Morgan fingerprint density at radius 3 is 2.27 bits per heavy atom. The first kappa shape index (κ1) is 13.0. The summed E-state index contributed by atoms with van der Waals surface area (Å²) in [5.74, 6) is 1.01. The maximum Gasteiger partial charge on any atom is 0.0186 e. The molecule has 0 saturated heterocycles. The highest BCUT2D eigenvalue weighted by molar-refractivity contribution is 4.78. The lowest BCUT2D eigenvalue weighted by Gasteiger charge is -2.30. The van der Waals surface area contributed by atoms with Crippen LogP contribution in [-0.2, 0) is 0 Å². The van der Waals surface area contributed by atoms with Gasteiger partial charge in [-0.1, -0.05) is 13.3 Å². The quantitative estimate of drug-likeness (QED) is 0.753. The molecule has 1 unspecified atom stereocenters. The molecule has 1 atom stereocenters. The summed E-state index contributed by atoms with van der Waals surface area (Å²) in [5, 5.41) is 3.71. The van der Waals surface area contributed by atoms with E-state index in [1.54, 1.807) is 0 Å². The molecule has 2 nitrogen and oxygen atoms in total. The fourth-order valence-electron chi connectivity index (χ4n) is 2.29. The molecule has 0 spiro atoms. The van der Waals surface area contributed by atoms with E-state index in [9.17, 15) is 0 Å². The zero-order valence-electron chi connectivity index (χ0n) is 10.9. The van der Waals surface area contributed by atoms with Crippen LogP contribution in [0.3, 0.4) is 0 Å². The monoisotopic (exact) mass is 212 g/mol. The van der Waals surface area contributed by atoms with Crippen molar-refractivity contribution >= 4 is 0 Å². The maximum absolute atomic E-state index is 3.71. The van der Waals surface area contributed by atoms with Gasteiger partial charge >= 0.3 is 0 Å². The average molecular weight is 212 g/mol. The van der Waals surface area contributed by atoms with Crippen molar-refractivity contribution in [2.24, 2.45) is 5.92 Å². The molecule has 1 aliphatic carbocycles. The summed E-state index contributed by atoms with van der Waals surface area (Å²) in [6.45, 7) is 5.74. The van der Waals surface area contributed by atoms with Gasteiger partial charge in [0.05, 0.1) is 0 Å². The Morgan fingerprint density at radius 2 is 1.80 bits per heavy atom. The number of nitrogens with zero attached hydrogens (tertiary/aromatic N) is 1. The minimum atomic E-state index is 0.647. The molecule has 1 saturated carbocycles. The van der Waals surface area contributed by atoms with Crippen LogP contribution in [0, 0.1) is 5.92 Å². The summed E-state index contributed by atoms with van der Waals surface area (Å²) in [6.07, 6.45) is 7.02. The second-order valence-corrected chi connectivity index (χ2v) is 5.35. The summed E-state index contributed by atoms with van der Waals surface area (Å²) >= 11 is 0. The Morgan fingerprint density at radius 1 is 1.20 bits per heavy atom. The Hall–Kier alpha value is -0.0800. The molecule has 0 aromatic rings. The van der Waals surface area contributed by atoms with Crippen LogP contribution >= 0.6 is 0 Å². The van der Waals surface area contributed by atoms with Gasteiger partial charge in [0.2, 0.25) is 0 Å². The summed E-state index contributed by atoms with van der Waals surface area (Å²) in [4.78, 5) is 2.28. The standard InChI is InChI=1S/C13H28N2/c1-5-12-6-8-13(9-7-12)14-10-11(2)15(3)4/h11-14H,5-10H2,1-4H3. The van der Waals surface area contributed by atoms with Crippen molar-refractivity contribution < 1.29 is 0 Å². The second-order valence-electron chi connectivity index (χ2n) is 5.35. The Labute approximate surface area is 95.4 Å². The van der Waals surface area contributed by atoms with Crippen molar-refractivity contribution in [2.45, 2.75) is 58.0 Å². The molecule has 1 fully saturated rings. The van der Waals surface area contributed by atoms with Crippen molar-refractivity contribution in [3.63, 3.8) is 0 Å². The topological polar surface area (TPSA) is 15.3 Å². The zero-order chi connectivity index (χ0) is 11.3. The Bertz CT molecular complexity index is 160. The minimum Gasteiger partial charge on any atom is -0.312 e. The lowest BCUT2D eigenvalue weighted by atomic mass is 9.84. The van der Waals surface area contributed by atoms with Gasteiger partial charge in [-0.25, -0.2) is 0 Å². The first-order chi connectivity index (χ1) is 7.13. The number of hydrogen-bond acceptors (Lipinski definition) is 2. The van der Waals surface area contributed by atoms with Crippen LogP contribution in [0.5, 0.6) is 0 Å². The van der Waals surface area contributed by atoms with Gasteiger partial charge in [-0.2, -0.15) is 0 Å². The van der Waals surface area contributed by atoms with Gasteiger partial charge in [-0.15, -0.1) is 0 Å². The molecular formula is C13H28N2. The molecule has 0 bridgehead atoms. The van der Waals surface area contributed by atoms with Crippen molar-refractivity contribution in [2.75, 3.05) is 20.6 Å². The molecule has 15 heavy (non-hydrogen) atoms. The first-order valence-electron chi connectivity index (χ1n) is 6.53. The lowest BCUT2D eigenvalue weighted by Crippen LogP contribution is -2.41. The highest BCUT2D eigenvalue weighted by Crippen LogP contribution is 2.26. The van der Waals surface area contributed by atoms with E-state index in [4.69, 9.17) is 0 Å². The van der Waals surface area contributed by atoms with Crippen LogP contribution in [0.25, 0.3) is 0 Å². The predicted octanol–water partition coefficient (Wildman–Crippen LogP) is 2.49. The van der Waals surface area contributed by atoms with Crippen molar-refractivity contribution in [3.05, 3.63) is 0 Å². The third kappa shape index (κ3) is 4.52. The van der Waals surface area contributed by atoms with Gasteiger partial charge in [0.25, 0.3) is 0 Å². The van der Waals surface area contributed by atoms with E-state index >= 15 is 0 Å². The van der Waals surface area contributed by atoms with E-state index < -0.39 is 0 Å². The molecule has 0 amide bonds.